The van der Waals surface area contributed by atoms with Gasteiger partial charge in [-0.15, -0.1) is 0 Å². The second-order valence-electron chi connectivity index (χ2n) is 8.15. The highest BCUT2D eigenvalue weighted by atomic mass is 35.5. The molecule has 1 aliphatic heterocycles. The van der Waals surface area contributed by atoms with Crippen LogP contribution >= 0.6 is 11.6 Å². The lowest BCUT2D eigenvalue weighted by Gasteiger charge is -2.18. The number of carbonyl (C=O) groups is 2. The van der Waals surface area contributed by atoms with Crippen LogP contribution in [0.1, 0.15) is 16.7 Å². The van der Waals surface area contributed by atoms with Gasteiger partial charge in [-0.3, -0.25) is 14.7 Å². The number of ether oxygens (including phenoxy) is 1. The van der Waals surface area contributed by atoms with Crippen molar-refractivity contribution in [3.05, 3.63) is 64.2 Å². The number of aliphatic imine (C=N–C) groups is 1. The van der Waals surface area contributed by atoms with Gasteiger partial charge >= 0.3 is 6.09 Å². The van der Waals surface area contributed by atoms with Gasteiger partial charge in [0.1, 0.15) is 18.3 Å². The van der Waals surface area contributed by atoms with Crippen LogP contribution in [0.3, 0.4) is 0 Å². The number of hydrogen-bond acceptors (Lipinski definition) is 8. The molecule has 0 aliphatic carbocycles. The van der Waals surface area contributed by atoms with Crippen molar-refractivity contribution in [3.63, 3.8) is 0 Å². The van der Waals surface area contributed by atoms with Gasteiger partial charge in [0.15, 0.2) is 9.84 Å². The van der Waals surface area contributed by atoms with E-state index in [2.05, 4.69) is 10.3 Å². The van der Waals surface area contributed by atoms with E-state index in [4.69, 9.17) is 21.6 Å². The van der Waals surface area contributed by atoms with Gasteiger partial charge in [-0.1, -0.05) is 35.9 Å². The molecule has 2 amide bonds. The van der Waals surface area contributed by atoms with Gasteiger partial charge in [-0.2, -0.15) is 5.26 Å². The van der Waals surface area contributed by atoms with Gasteiger partial charge < -0.3 is 20.1 Å². The Balaban J connectivity index is 1.38. The topological polar surface area (TPSA) is 152 Å². The minimum absolute atomic E-state index is 0.0186. The van der Waals surface area contributed by atoms with Gasteiger partial charge in [0.2, 0.25) is 5.91 Å². The third-order valence-electron chi connectivity index (χ3n) is 5.47. The standard InChI is InChI=1S/C24H26ClN5O6S/c1-29(14-17-2-5-19(6-3-17)23-28-8-10-30(23)24(32)33)22(31)15-36-11-9-27-16-37(34,35)21-7-4-18(13-26)12-20(21)25/h2-7,12,27H,8-11,14-16H2,1H3,(H,32,33). The van der Waals surface area contributed by atoms with Crippen molar-refractivity contribution in [2.45, 2.75) is 11.4 Å². The van der Waals surface area contributed by atoms with Gasteiger partial charge in [0.05, 0.1) is 41.2 Å². The van der Waals surface area contributed by atoms with E-state index in [1.807, 2.05) is 18.2 Å². The van der Waals surface area contributed by atoms with Crippen LogP contribution < -0.4 is 5.32 Å². The lowest BCUT2D eigenvalue weighted by molar-refractivity contribution is -0.135. The summed E-state index contributed by atoms with van der Waals surface area (Å²) in [5.41, 5.74) is 1.81. The molecule has 196 valence electrons. The first-order valence-corrected chi connectivity index (χ1v) is 13.2. The molecule has 0 fully saturated rings. The van der Waals surface area contributed by atoms with Crippen molar-refractivity contribution in [3.8, 4) is 6.07 Å². The molecule has 3 rings (SSSR count). The number of nitriles is 1. The second-order valence-corrected chi connectivity index (χ2v) is 10.5. The fourth-order valence-electron chi connectivity index (χ4n) is 3.52. The molecule has 2 N–H and O–H groups in total. The highest BCUT2D eigenvalue weighted by Crippen LogP contribution is 2.23. The molecular formula is C24H26ClN5O6S. The number of carboxylic acid groups (broad SMARTS) is 1. The van der Waals surface area contributed by atoms with E-state index in [-0.39, 0.29) is 47.0 Å². The lowest BCUT2D eigenvalue weighted by Crippen LogP contribution is -2.33. The maximum absolute atomic E-state index is 12.4. The van der Waals surface area contributed by atoms with Crippen LogP contribution in [0.5, 0.6) is 0 Å². The molecule has 0 radical (unpaired) electrons. The fourth-order valence-corrected chi connectivity index (χ4v) is 5.26. The molecule has 11 nitrogen and oxygen atoms in total. The first-order valence-electron chi connectivity index (χ1n) is 11.2. The predicted molar refractivity (Wildman–Crippen MR) is 136 cm³/mol. The first-order chi connectivity index (χ1) is 17.6. The molecule has 0 atom stereocenters. The summed E-state index contributed by atoms with van der Waals surface area (Å²) in [6.07, 6.45) is -1.04. The van der Waals surface area contributed by atoms with Crippen LogP contribution in [0.15, 0.2) is 52.4 Å². The van der Waals surface area contributed by atoms with Crippen molar-refractivity contribution < 1.29 is 27.9 Å². The zero-order chi connectivity index (χ0) is 27.0. The fraction of sp³-hybridized carbons (Fsp3) is 0.333. The summed E-state index contributed by atoms with van der Waals surface area (Å²) >= 11 is 5.98. The summed E-state index contributed by atoms with van der Waals surface area (Å²) in [5, 5.41) is 20.8. The van der Waals surface area contributed by atoms with Crippen molar-refractivity contribution in [2.24, 2.45) is 4.99 Å². The maximum atomic E-state index is 12.4. The van der Waals surface area contributed by atoms with Crippen LogP contribution in [-0.4, -0.2) is 86.9 Å². The number of nitrogens with one attached hydrogen (secondary N) is 1. The second kappa shape index (κ2) is 12.6. The van der Waals surface area contributed by atoms with Gasteiger partial charge in [0.25, 0.3) is 0 Å². The highest BCUT2D eigenvalue weighted by molar-refractivity contribution is 7.91. The third kappa shape index (κ3) is 7.50. The molecule has 13 heteroatoms. The zero-order valence-corrected chi connectivity index (χ0v) is 21.6. The molecule has 37 heavy (non-hydrogen) atoms. The Hall–Kier alpha value is -3.50. The number of likely N-dealkylation sites (N-methyl/N-ethyl adjacent to an activating group) is 1. The van der Waals surface area contributed by atoms with Crippen molar-refractivity contribution >= 4 is 39.3 Å². The normalized spacial score (nSPS) is 13.2. The number of hydrogen-bond donors (Lipinski definition) is 2. The molecule has 0 unspecified atom stereocenters. The number of rotatable bonds is 11. The summed E-state index contributed by atoms with van der Waals surface area (Å²) in [5.74, 6) is -0.209. The zero-order valence-electron chi connectivity index (χ0n) is 20.1. The van der Waals surface area contributed by atoms with E-state index in [0.717, 1.165) is 5.56 Å². The van der Waals surface area contributed by atoms with Crippen LogP contribution in [0.25, 0.3) is 0 Å². The lowest BCUT2D eigenvalue weighted by atomic mass is 10.1. The van der Waals surface area contributed by atoms with E-state index in [0.29, 0.717) is 31.0 Å². The van der Waals surface area contributed by atoms with Crippen LogP contribution in [0, 0.1) is 11.3 Å². The Morgan fingerprint density at radius 3 is 2.65 bits per heavy atom. The average Bonchev–Trinajstić information content (AvgIpc) is 3.36. The number of amidine groups is 1. The van der Waals surface area contributed by atoms with Crippen LogP contribution in [0.4, 0.5) is 4.79 Å². The maximum Gasteiger partial charge on any atom is 0.413 e. The highest BCUT2D eigenvalue weighted by Gasteiger charge is 2.24. The quantitative estimate of drug-likeness (QED) is 0.405. The molecule has 0 bridgehead atoms. The molecule has 1 heterocycles. The Morgan fingerprint density at radius 1 is 1.27 bits per heavy atom. The third-order valence-corrected chi connectivity index (χ3v) is 7.50. The van der Waals surface area contributed by atoms with Crippen molar-refractivity contribution in [1.29, 1.82) is 5.26 Å². The number of halogens is 1. The van der Waals surface area contributed by atoms with Gasteiger partial charge in [0, 0.05) is 25.7 Å². The Kier molecular flexibility index (Phi) is 9.60. The van der Waals surface area contributed by atoms with Crippen molar-refractivity contribution in [2.75, 3.05) is 45.8 Å². The van der Waals surface area contributed by atoms with Crippen LogP contribution in [0.2, 0.25) is 5.02 Å². The summed E-state index contributed by atoms with van der Waals surface area (Å²) in [6.45, 7) is 1.24. The Labute approximate surface area is 219 Å². The van der Waals surface area contributed by atoms with E-state index in [9.17, 15) is 23.1 Å². The number of amides is 2. The molecule has 2 aromatic carbocycles. The molecule has 0 saturated heterocycles. The molecule has 1 aliphatic rings. The summed E-state index contributed by atoms with van der Waals surface area (Å²) < 4.78 is 30.2. The summed E-state index contributed by atoms with van der Waals surface area (Å²) in [6, 6.07) is 13.0. The van der Waals surface area contributed by atoms with Gasteiger partial charge in [-0.05, 0) is 23.8 Å². The molecule has 0 saturated carbocycles. The van der Waals surface area contributed by atoms with E-state index < -0.39 is 15.9 Å². The number of nitrogens with zero attached hydrogens (tertiary/aromatic N) is 4. The number of benzene rings is 2. The molecule has 2 aromatic rings. The first kappa shape index (κ1) is 28.1. The molecule has 0 spiro atoms. The average molecular weight is 548 g/mol. The monoisotopic (exact) mass is 547 g/mol. The van der Waals surface area contributed by atoms with E-state index in [1.165, 1.54) is 28.0 Å². The van der Waals surface area contributed by atoms with E-state index >= 15 is 0 Å². The molecule has 0 aromatic heterocycles. The molecular weight excluding hydrogens is 522 g/mol. The van der Waals surface area contributed by atoms with Crippen LogP contribution in [-0.2, 0) is 25.9 Å². The Morgan fingerprint density at radius 2 is 2.00 bits per heavy atom. The number of carbonyl (C=O) groups excluding carboxylic acids is 1. The van der Waals surface area contributed by atoms with Gasteiger partial charge in [-0.25, -0.2) is 13.2 Å². The Bertz CT molecular complexity index is 1320. The summed E-state index contributed by atoms with van der Waals surface area (Å²) in [7, 11) is -2.07. The van der Waals surface area contributed by atoms with E-state index in [1.54, 1.807) is 19.2 Å². The predicted octanol–water partition coefficient (Wildman–Crippen LogP) is 1.95. The largest absolute Gasteiger partial charge is 0.465 e. The minimum atomic E-state index is -3.71. The van der Waals surface area contributed by atoms with Crippen molar-refractivity contribution in [1.82, 2.24) is 15.1 Å². The minimum Gasteiger partial charge on any atom is -0.465 e. The summed E-state index contributed by atoms with van der Waals surface area (Å²) in [4.78, 5) is 30.5. The SMILES string of the molecule is CN(Cc1ccc(C2=NCCN2C(=O)O)cc1)C(=O)COCCNCS(=O)(=O)c1ccc(C#N)cc1Cl. The number of sulfone groups is 1. The smallest absolute Gasteiger partial charge is 0.413 e.